The van der Waals surface area contributed by atoms with Crippen molar-refractivity contribution in [1.82, 2.24) is 9.97 Å². The molecule has 0 saturated heterocycles. The van der Waals surface area contributed by atoms with Gasteiger partial charge in [-0.3, -0.25) is 0 Å². The summed E-state index contributed by atoms with van der Waals surface area (Å²) in [7, 11) is 0. The van der Waals surface area contributed by atoms with Gasteiger partial charge in [-0.15, -0.1) is 0 Å². The zero-order valence-electron chi connectivity index (χ0n) is 10.4. The zero-order chi connectivity index (χ0) is 12.0. The van der Waals surface area contributed by atoms with Crippen molar-refractivity contribution in [1.29, 1.82) is 0 Å². The molecule has 0 spiro atoms. The second-order valence-corrected chi connectivity index (χ2v) is 4.25. The van der Waals surface area contributed by atoms with E-state index in [9.17, 15) is 0 Å². The third kappa shape index (κ3) is 4.57. The number of hydrogen-bond donors (Lipinski definition) is 1. The van der Waals surface area contributed by atoms with E-state index in [4.69, 9.17) is 10.5 Å². The van der Waals surface area contributed by atoms with Crippen LogP contribution >= 0.6 is 0 Å². The highest BCUT2D eigenvalue weighted by molar-refractivity contribution is 5.30. The molecule has 0 aliphatic rings. The quantitative estimate of drug-likeness (QED) is 0.747. The molecule has 2 N–H and O–H groups in total. The largest absolute Gasteiger partial charge is 0.384 e. The molecular formula is C12H21N3O. The molecule has 1 heterocycles. The van der Waals surface area contributed by atoms with Gasteiger partial charge in [-0.1, -0.05) is 13.8 Å². The van der Waals surface area contributed by atoms with Crippen molar-refractivity contribution in [2.45, 2.75) is 33.6 Å². The molecule has 1 aromatic rings. The molecule has 0 radical (unpaired) electrons. The molecular weight excluding hydrogens is 202 g/mol. The Hall–Kier alpha value is -1.16. The molecule has 4 heteroatoms. The van der Waals surface area contributed by atoms with Gasteiger partial charge in [-0.2, -0.15) is 0 Å². The molecule has 0 fully saturated rings. The third-order valence-electron chi connectivity index (χ3n) is 2.14. The van der Waals surface area contributed by atoms with Crippen LogP contribution in [0.5, 0.6) is 0 Å². The number of ether oxygens (including phenoxy) is 1. The van der Waals surface area contributed by atoms with Crippen molar-refractivity contribution in [2.75, 3.05) is 18.9 Å². The minimum absolute atomic E-state index is 0.553. The number of rotatable bonds is 6. The van der Waals surface area contributed by atoms with Gasteiger partial charge < -0.3 is 10.5 Å². The Balaban J connectivity index is 2.65. The van der Waals surface area contributed by atoms with Crippen LogP contribution < -0.4 is 5.73 Å². The maximum atomic E-state index is 5.75. The van der Waals surface area contributed by atoms with Crippen LogP contribution in [0.4, 0.5) is 5.82 Å². The van der Waals surface area contributed by atoms with Gasteiger partial charge in [-0.25, -0.2) is 9.97 Å². The van der Waals surface area contributed by atoms with Crippen molar-refractivity contribution in [3.8, 4) is 0 Å². The highest BCUT2D eigenvalue weighted by Gasteiger charge is 2.04. The molecule has 16 heavy (non-hydrogen) atoms. The fourth-order valence-electron chi connectivity index (χ4n) is 1.52. The SMILES string of the molecule is CCOCCc1nc(N)cc(CC(C)C)n1. The number of nitrogens with two attached hydrogens (primary N) is 1. The van der Waals surface area contributed by atoms with Crippen LogP contribution in [0.15, 0.2) is 6.07 Å². The van der Waals surface area contributed by atoms with Crippen LogP contribution in [0.2, 0.25) is 0 Å². The Morgan fingerprint density at radius 3 is 2.75 bits per heavy atom. The molecule has 0 aliphatic heterocycles. The molecule has 0 atom stereocenters. The molecule has 0 saturated carbocycles. The van der Waals surface area contributed by atoms with Crippen LogP contribution in [-0.4, -0.2) is 23.2 Å². The summed E-state index contributed by atoms with van der Waals surface area (Å²) in [5, 5.41) is 0. The highest BCUT2D eigenvalue weighted by atomic mass is 16.5. The summed E-state index contributed by atoms with van der Waals surface area (Å²) in [6.45, 7) is 7.68. The van der Waals surface area contributed by atoms with Crippen LogP contribution in [0.1, 0.15) is 32.3 Å². The Morgan fingerprint density at radius 1 is 1.38 bits per heavy atom. The first-order valence-corrected chi connectivity index (χ1v) is 5.81. The molecule has 1 rings (SSSR count). The van der Waals surface area contributed by atoms with E-state index >= 15 is 0 Å². The first kappa shape index (κ1) is 12.9. The Labute approximate surface area is 97.2 Å². The van der Waals surface area contributed by atoms with Crippen LogP contribution in [0.25, 0.3) is 0 Å². The molecule has 4 nitrogen and oxygen atoms in total. The number of anilines is 1. The van der Waals surface area contributed by atoms with Gasteiger partial charge >= 0.3 is 0 Å². The average Bonchev–Trinajstić information content (AvgIpc) is 2.16. The third-order valence-corrected chi connectivity index (χ3v) is 2.14. The van der Waals surface area contributed by atoms with E-state index in [0.717, 1.165) is 31.0 Å². The van der Waals surface area contributed by atoms with Gasteiger partial charge in [0.25, 0.3) is 0 Å². The summed E-state index contributed by atoms with van der Waals surface area (Å²) in [5.74, 6) is 1.91. The minimum Gasteiger partial charge on any atom is -0.384 e. The van der Waals surface area contributed by atoms with E-state index in [1.54, 1.807) is 0 Å². The van der Waals surface area contributed by atoms with Crippen molar-refractivity contribution in [3.05, 3.63) is 17.6 Å². The summed E-state index contributed by atoms with van der Waals surface area (Å²) in [4.78, 5) is 8.67. The fourth-order valence-corrected chi connectivity index (χ4v) is 1.52. The lowest BCUT2D eigenvalue weighted by atomic mass is 10.1. The lowest BCUT2D eigenvalue weighted by molar-refractivity contribution is 0.149. The summed E-state index contributed by atoms with van der Waals surface area (Å²) in [6.07, 6.45) is 1.67. The van der Waals surface area contributed by atoms with Crippen molar-refractivity contribution in [2.24, 2.45) is 5.92 Å². The van der Waals surface area contributed by atoms with Gasteiger partial charge in [-0.05, 0) is 19.3 Å². The standard InChI is InChI=1S/C12H21N3O/c1-4-16-6-5-12-14-10(7-9(2)3)8-11(13)15-12/h8-9H,4-7H2,1-3H3,(H2,13,14,15). The lowest BCUT2D eigenvalue weighted by Gasteiger charge is -2.07. The summed E-state index contributed by atoms with van der Waals surface area (Å²) < 4.78 is 5.28. The van der Waals surface area contributed by atoms with Crippen LogP contribution in [-0.2, 0) is 17.6 Å². The summed E-state index contributed by atoms with van der Waals surface area (Å²) >= 11 is 0. The van der Waals surface area contributed by atoms with Crippen molar-refractivity contribution < 1.29 is 4.74 Å². The molecule has 1 aromatic heterocycles. The monoisotopic (exact) mass is 223 g/mol. The topological polar surface area (TPSA) is 61.0 Å². The number of nitrogen functional groups attached to an aromatic ring is 1. The number of nitrogens with zero attached hydrogens (tertiary/aromatic N) is 2. The van der Waals surface area contributed by atoms with Gasteiger partial charge in [0.05, 0.1) is 6.61 Å². The first-order chi connectivity index (χ1) is 7.61. The van der Waals surface area contributed by atoms with Gasteiger partial charge in [0, 0.05) is 24.8 Å². The Bertz CT molecular complexity index is 326. The predicted molar refractivity (Wildman–Crippen MR) is 65.2 cm³/mol. The van der Waals surface area contributed by atoms with Gasteiger partial charge in [0.2, 0.25) is 0 Å². The second-order valence-electron chi connectivity index (χ2n) is 4.25. The second kappa shape index (κ2) is 6.43. The Kier molecular flexibility index (Phi) is 5.19. The minimum atomic E-state index is 0.553. The number of hydrogen-bond acceptors (Lipinski definition) is 4. The smallest absolute Gasteiger partial charge is 0.133 e. The zero-order valence-corrected chi connectivity index (χ0v) is 10.4. The molecule has 0 aliphatic carbocycles. The first-order valence-electron chi connectivity index (χ1n) is 5.81. The van der Waals surface area contributed by atoms with E-state index < -0.39 is 0 Å². The predicted octanol–water partition coefficient (Wildman–Crippen LogP) is 1.84. The molecule has 0 amide bonds. The van der Waals surface area contributed by atoms with Crippen molar-refractivity contribution >= 4 is 5.82 Å². The maximum absolute atomic E-state index is 5.75. The van der Waals surface area contributed by atoms with Crippen LogP contribution in [0, 0.1) is 5.92 Å². The normalized spacial score (nSPS) is 11.0. The van der Waals surface area contributed by atoms with Crippen molar-refractivity contribution in [3.63, 3.8) is 0 Å². The molecule has 0 bridgehead atoms. The van der Waals surface area contributed by atoms with E-state index in [-0.39, 0.29) is 0 Å². The lowest BCUT2D eigenvalue weighted by Crippen LogP contribution is -2.08. The number of aromatic nitrogens is 2. The van der Waals surface area contributed by atoms with E-state index in [0.29, 0.717) is 18.3 Å². The molecule has 0 aromatic carbocycles. The summed E-state index contributed by atoms with van der Waals surface area (Å²) in [5.41, 5.74) is 6.77. The fraction of sp³-hybridized carbons (Fsp3) is 0.667. The highest BCUT2D eigenvalue weighted by Crippen LogP contribution is 2.09. The maximum Gasteiger partial charge on any atom is 0.133 e. The van der Waals surface area contributed by atoms with E-state index in [2.05, 4.69) is 23.8 Å². The van der Waals surface area contributed by atoms with Gasteiger partial charge in [0.1, 0.15) is 11.6 Å². The Morgan fingerprint density at radius 2 is 2.12 bits per heavy atom. The molecule has 90 valence electrons. The van der Waals surface area contributed by atoms with Gasteiger partial charge in [0.15, 0.2) is 0 Å². The van der Waals surface area contributed by atoms with E-state index in [1.165, 1.54) is 0 Å². The van der Waals surface area contributed by atoms with Crippen LogP contribution in [0.3, 0.4) is 0 Å². The average molecular weight is 223 g/mol. The molecule has 0 unspecified atom stereocenters. The van der Waals surface area contributed by atoms with E-state index in [1.807, 2.05) is 13.0 Å². The summed E-state index contributed by atoms with van der Waals surface area (Å²) in [6, 6.07) is 1.85.